The van der Waals surface area contributed by atoms with E-state index in [1.54, 1.807) is 33.3 Å². The van der Waals surface area contributed by atoms with Crippen molar-refractivity contribution in [3.63, 3.8) is 0 Å². The van der Waals surface area contributed by atoms with Gasteiger partial charge in [0, 0.05) is 62.8 Å². The molecular formula is C52H54N8O5. The number of carbonyl (C=O) groups is 5. The Morgan fingerprint density at radius 2 is 1.54 bits per heavy atom. The molecule has 5 aliphatic heterocycles. The number of nitrogens with zero attached hydrogens (tertiary/aromatic N) is 7. The molecule has 4 fully saturated rings. The molecule has 1 unspecified atom stereocenters. The van der Waals surface area contributed by atoms with Crippen molar-refractivity contribution in [1.29, 1.82) is 0 Å². The second-order valence-corrected chi connectivity index (χ2v) is 18.5. The molecule has 0 saturated carbocycles. The molecule has 0 bridgehead atoms. The maximum Gasteiger partial charge on any atom is 0.330 e. The van der Waals surface area contributed by atoms with Crippen LogP contribution in [0.2, 0.25) is 0 Å². The lowest BCUT2D eigenvalue weighted by Gasteiger charge is -2.32. The van der Waals surface area contributed by atoms with Crippen molar-refractivity contribution in [3.05, 3.63) is 120 Å². The van der Waals surface area contributed by atoms with Crippen LogP contribution in [0.1, 0.15) is 80.5 Å². The van der Waals surface area contributed by atoms with Gasteiger partial charge in [0.1, 0.15) is 11.9 Å². The van der Waals surface area contributed by atoms with Gasteiger partial charge in [-0.1, -0.05) is 42.5 Å². The number of urea groups is 1. The van der Waals surface area contributed by atoms with E-state index in [1.165, 1.54) is 5.56 Å². The van der Waals surface area contributed by atoms with E-state index in [-0.39, 0.29) is 30.2 Å². The normalized spacial score (nSPS) is 20.3. The van der Waals surface area contributed by atoms with Crippen molar-refractivity contribution >= 4 is 52.5 Å². The predicted molar refractivity (Wildman–Crippen MR) is 251 cm³/mol. The molecule has 0 aliphatic carbocycles. The largest absolute Gasteiger partial charge is 0.330 e. The first-order chi connectivity index (χ1) is 31.5. The molecule has 13 nitrogen and oxygen atoms in total. The van der Waals surface area contributed by atoms with Crippen LogP contribution >= 0.6 is 0 Å². The van der Waals surface area contributed by atoms with Gasteiger partial charge in [0.25, 0.3) is 0 Å². The van der Waals surface area contributed by atoms with E-state index >= 15 is 0 Å². The molecule has 0 spiro atoms. The van der Waals surface area contributed by atoms with Gasteiger partial charge in [0.05, 0.1) is 17.3 Å². The smallest absolute Gasteiger partial charge is 0.312 e. The molecule has 5 aliphatic rings. The fraction of sp³-hybridized carbons (Fsp3) is 0.365. The van der Waals surface area contributed by atoms with Crippen molar-refractivity contribution < 1.29 is 24.0 Å². The Hall–Kier alpha value is -6.73. The molecular weight excluding hydrogens is 817 g/mol. The van der Waals surface area contributed by atoms with E-state index in [4.69, 9.17) is 4.98 Å². The molecule has 3 aromatic carbocycles. The zero-order chi connectivity index (χ0) is 45.0. The highest BCUT2D eigenvalue weighted by atomic mass is 16.2. The first kappa shape index (κ1) is 42.2. The van der Waals surface area contributed by atoms with Gasteiger partial charge in [-0.3, -0.25) is 44.2 Å². The Kier molecular flexibility index (Phi) is 11.0. The second-order valence-electron chi connectivity index (χ2n) is 18.5. The summed E-state index contributed by atoms with van der Waals surface area (Å²) in [5.41, 5.74) is 10.0. The fourth-order valence-corrected chi connectivity index (χ4v) is 10.8. The number of likely N-dealkylation sites (tertiary alicyclic amines) is 1. The van der Waals surface area contributed by atoms with E-state index in [9.17, 15) is 24.0 Å². The van der Waals surface area contributed by atoms with E-state index in [2.05, 4.69) is 57.7 Å². The summed E-state index contributed by atoms with van der Waals surface area (Å²) in [6.45, 7) is 10.5. The van der Waals surface area contributed by atoms with Crippen LogP contribution in [0.3, 0.4) is 0 Å². The minimum atomic E-state index is -0.780. The number of fused-ring (bicyclic) bond motifs is 1. The second kappa shape index (κ2) is 17.0. The van der Waals surface area contributed by atoms with Crippen molar-refractivity contribution in [2.75, 3.05) is 58.9 Å². The molecule has 13 heteroatoms. The molecule has 332 valence electrons. The number of anilines is 4. The number of piperidine rings is 2. The number of hydrogen-bond acceptors (Lipinski definition) is 8. The molecule has 65 heavy (non-hydrogen) atoms. The molecule has 6 amide bonds. The Morgan fingerprint density at radius 1 is 0.738 bits per heavy atom. The SMILES string of the molecule is Cc1c(-c2ccc(N3CCCC3=O)cc2-c2ccc(C3CCN(CCc4cccc5c4C(C)(C)C(=O)N5C4CCC(=O)NC4=O)CC3)cc2)ccnc1N1CCN(c2cccnc2)C1=O. The predicted octanol–water partition coefficient (Wildman–Crippen LogP) is 7.54. The lowest BCUT2D eigenvalue weighted by Crippen LogP contribution is -2.55. The average Bonchev–Trinajstić information content (AvgIpc) is 3.99. The third-order valence-electron chi connectivity index (χ3n) is 14.3. The number of carbonyl (C=O) groups excluding carboxylic acids is 5. The number of rotatable bonds is 10. The molecule has 0 radical (unpaired) electrons. The number of aromatic nitrogens is 2. The van der Waals surface area contributed by atoms with Crippen LogP contribution in [0.5, 0.6) is 0 Å². The summed E-state index contributed by atoms with van der Waals surface area (Å²) in [5.74, 6) is 0.394. The molecule has 1 N–H and O–H groups in total. The number of nitrogens with one attached hydrogen (secondary N) is 1. The zero-order valence-electron chi connectivity index (χ0n) is 37.3. The van der Waals surface area contributed by atoms with Gasteiger partial charge in [-0.05, 0) is 153 Å². The van der Waals surface area contributed by atoms with Crippen LogP contribution in [0.25, 0.3) is 22.3 Å². The fourth-order valence-electron chi connectivity index (χ4n) is 10.8. The standard InChI is InChI=1S/C52H54N8O5/c1-33-40(19-24-54-48(33)59-30-29-58(51(59)65)39-8-5-23-53-32-39)41-16-15-38(57-25-6-10-46(57)62)31-42(41)36-13-11-34(12-14-36)35-20-26-56(27-21-35)28-22-37-7-4-9-43-47(37)52(2,3)50(64)60(43)44-17-18-45(61)55-49(44)63/h4-5,7-9,11-16,19,23-24,31-32,35,44H,6,10,17-18,20-22,25-30H2,1-3H3,(H,55,61,63). The Balaban J connectivity index is 0.851. The summed E-state index contributed by atoms with van der Waals surface area (Å²) < 4.78 is 0. The highest BCUT2D eigenvalue weighted by Gasteiger charge is 2.50. The molecule has 10 rings (SSSR count). The van der Waals surface area contributed by atoms with Gasteiger partial charge < -0.3 is 9.80 Å². The van der Waals surface area contributed by atoms with Gasteiger partial charge >= 0.3 is 6.03 Å². The summed E-state index contributed by atoms with van der Waals surface area (Å²) in [6.07, 6.45) is 9.98. The maximum absolute atomic E-state index is 13.9. The van der Waals surface area contributed by atoms with Crippen LogP contribution in [0.15, 0.2) is 97.5 Å². The summed E-state index contributed by atoms with van der Waals surface area (Å²) in [5, 5.41) is 2.43. The lowest BCUT2D eigenvalue weighted by atomic mass is 9.82. The summed E-state index contributed by atoms with van der Waals surface area (Å²) >= 11 is 0. The summed E-state index contributed by atoms with van der Waals surface area (Å²) in [7, 11) is 0. The Labute approximate surface area is 379 Å². The van der Waals surface area contributed by atoms with Gasteiger partial charge in [-0.15, -0.1) is 0 Å². The van der Waals surface area contributed by atoms with Crippen molar-refractivity contribution in [2.24, 2.45) is 0 Å². The third-order valence-corrected chi connectivity index (χ3v) is 14.3. The number of amides is 6. The lowest BCUT2D eigenvalue weighted by molar-refractivity contribution is -0.136. The number of benzene rings is 3. The Morgan fingerprint density at radius 3 is 2.28 bits per heavy atom. The van der Waals surface area contributed by atoms with E-state index in [0.29, 0.717) is 44.2 Å². The topological polar surface area (TPSA) is 139 Å². The van der Waals surface area contributed by atoms with Crippen LogP contribution in [-0.4, -0.2) is 89.8 Å². The average molecular weight is 871 g/mol. The van der Waals surface area contributed by atoms with Crippen molar-refractivity contribution in [1.82, 2.24) is 20.2 Å². The van der Waals surface area contributed by atoms with E-state index in [0.717, 1.165) is 101 Å². The maximum atomic E-state index is 13.9. The molecule has 7 heterocycles. The van der Waals surface area contributed by atoms with Gasteiger partial charge in [-0.25, -0.2) is 9.78 Å². The monoisotopic (exact) mass is 870 g/mol. The van der Waals surface area contributed by atoms with Crippen molar-refractivity contribution in [2.45, 2.75) is 83.1 Å². The van der Waals surface area contributed by atoms with Gasteiger partial charge in [0.2, 0.25) is 23.6 Å². The molecule has 2 aromatic heterocycles. The quantitative estimate of drug-likeness (QED) is 0.142. The molecule has 1 atom stereocenters. The zero-order valence-corrected chi connectivity index (χ0v) is 37.3. The van der Waals surface area contributed by atoms with Crippen molar-refractivity contribution in [3.8, 4) is 22.3 Å². The van der Waals surface area contributed by atoms with E-state index in [1.807, 2.05) is 62.1 Å². The number of pyridine rings is 2. The number of hydrogen-bond donors (Lipinski definition) is 1. The molecule has 5 aromatic rings. The van der Waals surface area contributed by atoms with Crippen LogP contribution < -0.4 is 24.9 Å². The number of imide groups is 1. The van der Waals surface area contributed by atoms with Gasteiger partial charge in [0.15, 0.2) is 0 Å². The summed E-state index contributed by atoms with van der Waals surface area (Å²) in [6, 6.07) is 26.2. The van der Waals surface area contributed by atoms with E-state index < -0.39 is 17.4 Å². The van der Waals surface area contributed by atoms with Crippen LogP contribution in [0.4, 0.5) is 27.7 Å². The van der Waals surface area contributed by atoms with Gasteiger partial charge in [-0.2, -0.15) is 0 Å². The molecule has 4 saturated heterocycles. The van der Waals surface area contributed by atoms with Crippen LogP contribution in [0, 0.1) is 6.92 Å². The Bertz CT molecular complexity index is 2710. The van der Waals surface area contributed by atoms with Crippen LogP contribution in [-0.2, 0) is 31.0 Å². The highest BCUT2D eigenvalue weighted by molar-refractivity contribution is 6.14. The minimum Gasteiger partial charge on any atom is -0.312 e. The third kappa shape index (κ3) is 7.65. The summed E-state index contributed by atoms with van der Waals surface area (Å²) in [4.78, 5) is 83.8. The highest BCUT2D eigenvalue weighted by Crippen LogP contribution is 2.46. The minimum absolute atomic E-state index is 0.0991. The first-order valence-corrected chi connectivity index (χ1v) is 23.0. The first-order valence-electron chi connectivity index (χ1n) is 23.0.